The molecule has 0 unspecified atom stereocenters. The Hall–Kier alpha value is -2.55. The van der Waals surface area contributed by atoms with E-state index in [2.05, 4.69) is 10.0 Å². The minimum absolute atomic E-state index is 0.0625. The monoisotopic (exact) mass is 456 g/mol. The van der Waals surface area contributed by atoms with E-state index in [1.54, 1.807) is 12.1 Å². The summed E-state index contributed by atoms with van der Waals surface area (Å²) in [4.78, 5) is 13.9. The van der Waals surface area contributed by atoms with Crippen LogP contribution in [-0.2, 0) is 16.6 Å². The Morgan fingerprint density at radius 3 is 2.45 bits per heavy atom. The molecule has 6 nitrogen and oxygen atoms in total. The number of hydrogen-bond acceptors (Lipinski definition) is 5. The van der Waals surface area contributed by atoms with Gasteiger partial charge in [-0.3, -0.25) is 4.79 Å². The van der Waals surface area contributed by atoms with Crippen molar-refractivity contribution in [2.45, 2.75) is 47.3 Å². The van der Waals surface area contributed by atoms with Crippen LogP contribution in [0.2, 0.25) is 0 Å². The number of nitrogens with one attached hydrogen (secondary N) is 2. The second kappa shape index (κ2) is 9.72. The highest BCUT2D eigenvalue weighted by Gasteiger charge is 2.19. The van der Waals surface area contributed by atoms with Gasteiger partial charge in [-0.15, -0.1) is 11.8 Å². The summed E-state index contributed by atoms with van der Waals surface area (Å²) in [6.45, 7) is 0.0625. The molecule has 1 saturated carbocycles. The fourth-order valence-corrected chi connectivity index (χ4v) is 5.83. The molecule has 162 valence electrons. The number of benzene rings is 2. The minimum atomic E-state index is -3.70. The zero-order valence-corrected chi connectivity index (χ0v) is 18.5. The third kappa shape index (κ3) is 5.58. The Morgan fingerprint density at radius 1 is 1.00 bits per heavy atom. The van der Waals surface area contributed by atoms with E-state index in [-0.39, 0.29) is 17.3 Å². The van der Waals surface area contributed by atoms with Crippen molar-refractivity contribution in [3.63, 3.8) is 0 Å². The first-order chi connectivity index (χ1) is 15.0. The lowest BCUT2D eigenvalue weighted by molar-refractivity contribution is 0.102. The van der Waals surface area contributed by atoms with Crippen molar-refractivity contribution in [1.82, 2.24) is 4.72 Å². The first kappa shape index (κ1) is 21.7. The van der Waals surface area contributed by atoms with E-state index < -0.39 is 10.0 Å². The Kier molecular flexibility index (Phi) is 6.80. The third-order valence-corrected chi connectivity index (χ3v) is 8.01. The van der Waals surface area contributed by atoms with Crippen LogP contribution in [0.4, 0.5) is 5.69 Å². The summed E-state index contributed by atoms with van der Waals surface area (Å²) in [6.07, 6.45) is 6.42. The number of carbonyl (C=O) groups is 1. The van der Waals surface area contributed by atoms with Crippen molar-refractivity contribution in [2.75, 3.05) is 5.32 Å². The SMILES string of the molecule is O=C(Nc1ccccc1SC1CCCC1)c1ccc(S(=O)(=O)NCc2ccco2)cc1. The predicted molar refractivity (Wildman–Crippen MR) is 122 cm³/mol. The van der Waals surface area contributed by atoms with Gasteiger partial charge in [-0.2, -0.15) is 0 Å². The Balaban J connectivity index is 1.42. The normalized spacial score (nSPS) is 14.6. The number of amides is 1. The highest BCUT2D eigenvalue weighted by atomic mass is 32.2. The van der Waals surface area contributed by atoms with Crippen LogP contribution in [0.1, 0.15) is 41.8 Å². The number of thioether (sulfide) groups is 1. The lowest BCUT2D eigenvalue weighted by Gasteiger charge is -2.14. The Bertz CT molecular complexity index is 1120. The first-order valence-corrected chi connectivity index (χ1v) is 12.6. The average molecular weight is 457 g/mol. The van der Waals surface area contributed by atoms with E-state index in [9.17, 15) is 13.2 Å². The van der Waals surface area contributed by atoms with Crippen LogP contribution >= 0.6 is 11.8 Å². The van der Waals surface area contributed by atoms with Crippen LogP contribution in [0.15, 0.2) is 81.1 Å². The molecule has 1 fully saturated rings. The van der Waals surface area contributed by atoms with Crippen molar-refractivity contribution < 1.29 is 17.6 Å². The largest absolute Gasteiger partial charge is 0.468 e. The molecule has 3 aromatic rings. The van der Waals surface area contributed by atoms with Gasteiger partial charge in [0.25, 0.3) is 5.91 Å². The molecular weight excluding hydrogens is 432 g/mol. The van der Waals surface area contributed by atoms with Gasteiger partial charge in [0.15, 0.2) is 0 Å². The number of hydrogen-bond donors (Lipinski definition) is 2. The van der Waals surface area contributed by atoms with Gasteiger partial charge in [0, 0.05) is 15.7 Å². The van der Waals surface area contributed by atoms with E-state index in [0.717, 1.165) is 10.6 Å². The molecule has 0 bridgehead atoms. The molecule has 31 heavy (non-hydrogen) atoms. The van der Waals surface area contributed by atoms with E-state index >= 15 is 0 Å². The highest BCUT2D eigenvalue weighted by molar-refractivity contribution is 8.00. The van der Waals surface area contributed by atoms with Crippen molar-refractivity contribution in [3.05, 3.63) is 78.3 Å². The molecule has 1 amide bonds. The number of sulfonamides is 1. The second-order valence-electron chi connectivity index (χ2n) is 7.40. The zero-order chi connectivity index (χ0) is 21.7. The van der Waals surface area contributed by atoms with Crippen LogP contribution in [0.25, 0.3) is 0 Å². The van der Waals surface area contributed by atoms with E-state index in [4.69, 9.17) is 4.42 Å². The van der Waals surface area contributed by atoms with Crippen LogP contribution in [0.5, 0.6) is 0 Å². The molecule has 0 spiro atoms. The van der Waals surface area contributed by atoms with Gasteiger partial charge in [-0.1, -0.05) is 25.0 Å². The molecule has 0 saturated heterocycles. The fourth-order valence-electron chi connectivity index (χ4n) is 3.50. The third-order valence-electron chi connectivity index (χ3n) is 5.17. The number of carbonyl (C=O) groups excluding carboxylic acids is 1. The van der Waals surface area contributed by atoms with Gasteiger partial charge < -0.3 is 9.73 Å². The number of anilines is 1. The molecule has 1 aromatic heterocycles. The number of rotatable bonds is 8. The minimum Gasteiger partial charge on any atom is -0.468 e. The summed E-state index contributed by atoms with van der Waals surface area (Å²) in [7, 11) is -3.70. The molecule has 0 radical (unpaired) electrons. The lowest BCUT2D eigenvalue weighted by atomic mass is 10.2. The molecule has 1 aliphatic rings. The number of furan rings is 1. The molecule has 0 atom stereocenters. The molecule has 1 heterocycles. The predicted octanol–water partition coefficient (Wildman–Crippen LogP) is 5.05. The van der Waals surface area contributed by atoms with Gasteiger partial charge in [-0.25, -0.2) is 13.1 Å². The van der Waals surface area contributed by atoms with Crippen molar-refractivity contribution in [2.24, 2.45) is 0 Å². The zero-order valence-electron chi connectivity index (χ0n) is 16.9. The van der Waals surface area contributed by atoms with Gasteiger partial charge in [-0.05, 0) is 61.4 Å². The second-order valence-corrected chi connectivity index (χ2v) is 10.5. The fraction of sp³-hybridized carbons (Fsp3) is 0.261. The highest BCUT2D eigenvalue weighted by Crippen LogP contribution is 2.38. The van der Waals surface area contributed by atoms with E-state index in [0.29, 0.717) is 16.6 Å². The molecule has 0 aliphatic heterocycles. The summed E-state index contributed by atoms with van der Waals surface area (Å²) in [5, 5.41) is 3.56. The van der Waals surface area contributed by atoms with Crippen LogP contribution in [-0.4, -0.2) is 19.6 Å². The molecule has 1 aliphatic carbocycles. The Labute approximate surface area is 186 Å². The van der Waals surface area contributed by atoms with Gasteiger partial charge in [0.2, 0.25) is 10.0 Å². The summed E-state index contributed by atoms with van der Waals surface area (Å²) < 4.78 is 32.5. The van der Waals surface area contributed by atoms with Crippen LogP contribution in [0, 0.1) is 0 Å². The van der Waals surface area contributed by atoms with E-state index in [1.807, 2.05) is 36.0 Å². The standard InChI is InChI=1S/C23H24N2O4S2/c26-23(25-21-9-3-4-10-22(21)30-19-7-1-2-8-19)17-11-13-20(14-12-17)31(27,28)24-16-18-6-5-15-29-18/h3-6,9-15,19,24H,1-2,7-8,16H2,(H,25,26). The van der Waals surface area contributed by atoms with Crippen molar-refractivity contribution in [1.29, 1.82) is 0 Å². The average Bonchev–Trinajstić information content (AvgIpc) is 3.48. The smallest absolute Gasteiger partial charge is 0.255 e. The Morgan fingerprint density at radius 2 is 1.74 bits per heavy atom. The van der Waals surface area contributed by atoms with Crippen LogP contribution < -0.4 is 10.0 Å². The molecule has 4 rings (SSSR count). The summed E-state index contributed by atoms with van der Waals surface area (Å²) >= 11 is 1.82. The topological polar surface area (TPSA) is 88.4 Å². The maximum Gasteiger partial charge on any atom is 0.255 e. The molecule has 2 N–H and O–H groups in total. The van der Waals surface area contributed by atoms with Crippen LogP contribution in [0.3, 0.4) is 0 Å². The van der Waals surface area contributed by atoms with Gasteiger partial charge >= 0.3 is 0 Å². The van der Waals surface area contributed by atoms with Crippen molar-refractivity contribution >= 4 is 33.4 Å². The quantitative estimate of drug-likeness (QED) is 0.495. The summed E-state index contributed by atoms with van der Waals surface area (Å²) in [6, 6.07) is 17.1. The lowest BCUT2D eigenvalue weighted by Crippen LogP contribution is -2.23. The maximum atomic E-state index is 12.7. The molecule has 2 aromatic carbocycles. The first-order valence-electron chi connectivity index (χ1n) is 10.2. The number of para-hydroxylation sites is 1. The summed E-state index contributed by atoms with van der Waals surface area (Å²) in [5.41, 5.74) is 1.17. The van der Waals surface area contributed by atoms with E-state index in [1.165, 1.54) is 56.2 Å². The maximum absolute atomic E-state index is 12.7. The van der Waals surface area contributed by atoms with Gasteiger partial charge in [0.1, 0.15) is 5.76 Å². The molecule has 8 heteroatoms. The summed E-state index contributed by atoms with van der Waals surface area (Å²) in [5.74, 6) is 0.251. The van der Waals surface area contributed by atoms with Crippen molar-refractivity contribution in [3.8, 4) is 0 Å². The molecular formula is C23H24N2O4S2. The van der Waals surface area contributed by atoms with Gasteiger partial charge in [0.05, 0.1) is 23.4 Å².